The summed E-state index contributed by atoms with van der Waals surface area (Å²) in [5, 5.41) is 11.1. The van der Waals surface area contributed by atoms with Crippen molar-refractivity contribution in [2.24, 2.45) is 0 Å². The monoisotopic (exact) mass is 245 g/mol. The summed E-state index contributed by atoms with van der Waals surface area (Å²) in [6.07, 6.45) is 1.38. The third kappa shape index (κ3) is 2.66. The molecule has 0 unspecified atom stereocenters. The van der Waals surface area contributed by atoms with Crippen molar-refractivity contribution in [2.45, 2.75) is 6.92 Å². The van der Waals surface area contributed by atoms with Crippen LogP contribution in [0.4, 0.5) is 5.82 Å². The zero-order chi connectivity index (χ0) is 9.84. The Hall–Kier alpha value is -1.17. The van der Waals surface area contributed by atoms with E-state index in [0.717, 1.165) is 5.69 Å². The highest BCUT2D eigenvalue weighted by molar-refractivity contribution is 9.10. The first-order valence-corrected chi connectivity index (χ1v) is 4.33. The maximum atomic E-state index is 10.2. The van der Waals surface area contributed by atoms with Gasteiger partial charge in [-0.25, -0.2) is 9.97 Å². The Morgan fingerprint density at radius 3 is 3.00 bits per heavy atom. The number of rotatable bonds is 3. The number of carboxylic acids is 1. The van der Waals surface area contributed by atoms with Gasteiger partial charge in [0, 0.05) is 0 Å². The highest BCUT2D eigenvalue weighted by Gasteiger charge is 2.05. The second kappa shape index (κ2) is 4.18. The number of hydrogen-bond acceptors (Lipinski definition) is 4. The number of nitrogens with zero attached hydrogens (tertiary/aromatic N) is 2. The summed E-state index contributed by atoms with van der Waals surface area (Å²) in [6, 6.07) is 0. The van der Waals surface area contributed by atoms with Crippen LogP contribution in [0.1, 0.15) is 5.69 Å². The standard InChI is InChI=1S/C7H8BrN3O2/c1-4-6(8)7(11-3-10-4)9-2-5(12)13/h3H,2H2,1H3,(H,12,13)(H,9,10,11). The van der Waals surface area contributed by atoms with Gasteiger partial charge < -0.3 is 10.4 Å². The maximum absolute atomic E-state index is 10.2. The Morgan fingerprint density at radius 1 is 1.69 bits per heavy atom. The molecule has 1 rings (SSSR count). The first kappa shape index (κ1) is 9.91. The van der Waals surface area contributed by atoms with Gasteiger partial charge in [0.25, 0.3) is 0 Å². The molecular formula is C7H8BrN3O2. The number of carbonyl (C=O) groups is 1. The SMILES string of the molecule is Cc1ncnc(NCC(=O)O)c1Br. The summed E-state index contributed by atoms with van der Waals surface area (Å²) in [6.45, 7) is 1.65. The molecule has 0 amide bonds. The molecule has 0 saturated heterocycles. The second-order valence-electron chi connectivity index (χ2n) is 2.37. The fraction of sp³-hybridized carbons (Fsp3) is 0.286. The van der Waals surface area contributed by atoms with E-state index in [4.69, 9.17) is 5.11 Å². The van der Waals surface area contributed by atoms with Crippen molar-refractivity contribution < 1.29 is 9.90 Å². The van der Waals surface area contributed by atoms with Crippen molar-refractivity contribution in [3.05, 3.63) is 16.5 Å². The van der Waals surface area contributed by atoms with Crippen molar-refractivity contribution in [1.29, 1.82) is 0 Å². The molecule has 1 aromatic rings. The van der Waals surface area contributed by atoms with Crippen LogP contribution in [-0.4, -0.2) is 27.6 Å². The number of aliphatic carboxylic acids is 1. The first-order chi connectivity index (χ1) is 6.11. The van der Waals surface area contributed by atoms with Crippen LogP contribution >= 0.6 is 15.9 Å². The lowest BCUT2D eigenvalue weighted by molar-refractivity contribution is -0.134. The average Bonchev–Trinajstić information content (AvgIpc) is 2.07. The molecule has 2 N–H and O–H groups in total. The van der Waals surface area contributed by atoms with Crippen LogP contribution in [0.25, 0.3) is 0 Å². The molecular weight excluding hydrogens is 238 g/mol. The lowest BCUT2D eigenvalue weighted by atomic mass is 10.4. The molecule has 13 heavy (non-hydrogen) atoms. The van der Waals surface area contributed by atoms with E-state index >= 15 is 0 Å². The molecule has 0 spiro atoms. The maximum Gasteiger partial charge on any atom is 0.322 e. The molecule has 0 saturated carbocycles. The summed E-state index contributed by atoms with van der Waals surface area (Å²) < 4.78 is 0.691. The van der Waals surface area contributed by atoms with Gasteiger partial charge in [-0.1, -0.05) is 0 Å². The minimum Gasteiger partial charge on any atom is -0.480 e. The molecule has 6 heteroatoms. The third-order valence-corrected chi connectivity index (χ3v) is 2.32. The topological polar surface area (TPSA) is 75.1 Å². The number of nitrogens with one attached hydrogen (secondary N) is 1. The number of carboxylic acid groups (broad SMARTS) is 1. The molecule has 0 aliphatic heterocycles. The third-order valence-electron chi connectivity index (χ3n) is 1.37. The molecule has 1 heterocycles. The van der Waals surface area contributed by atoms with E-state index < -0.39 is 5.97 Å². The Labute approximate surface area is 83.3 Å². The molecule has 1 aromatic heterocycles. The molecule has 0 aromatic carbocycles. The summed E-state index contributed by atoms with van der Waals surface area (Å²) in [4.78, 5) is 18.0. The van der Waals surface area contributed by atoms with Crippen molar-refractivity contribution in [2.75, 3.05) is 11.9 Å². The summed E-state index contributed by atoms with van der Waals surface area (Å²) in [7, 11) is 0. The minimum atomic E-state index is -0.928. The van der Waals surface area contributed by atoms with Crippen molar-refractivity contribution in [1.82, 2.24) is 9.97 Å². The number of aryl methyl sites for hydroxylation is 1. The predicted octanol–water partition coefficient (Wildman–Crippen LogP) is 1.04. The zero-order valence-electron chi connectivity index (χ0n) is 6.91. The van der Waals surface area contributed by atoms with Gasteiger partial charge in [-0.2, -0.15) is 0 Å². The van der Waals surface area contributed by atoms with Crippen LogP contribution in [0.15, 0.2) is 10.8 Å². The number of aromatic nitrogens is 2. The van der Waals surface area contributed by atoms with E-state index in [0.29, 0.717) is 10.3 Å². The molecule has 0 bridgehead atoms. The predicted molar refractivity (Wildman–Crippen MR) is 50.6 cm³/mol. The van der Waals surface area contributed by atoms with Crippen molar-refractivity contribution >= 4 is 27.7 Å². The summed E-state index contributed by atoms with van der Waals surface area (Å²) in [5.74, 6) is -0.432. The van der Waals surface area contributed by atoms with Gasteiger partial charge in [0.05, 0.1) is 10.2 Å². The summed E-state index contributed by atoms with van der Waals surface area (Å²) >= 11 is 3.25. The van der Waals surface area contributed by atoms with Crippen LogP contribution in [0.3, 0.4) is 0 Å². The van der Waals surface area contributed by atoms with E-state index in [1.165, 1.54) is 6.33 Å². The molecule has 0 fully saturated rings. The molecule has 0 radical (unpaired) electrons. The smallest absolute Gasteiger partial charge is 0.322 e. The fourth-order valence-electron chi connectivity index (χ4n) is 0.740. The van der Waals surface area contributed by atoms with E-state index in [2.05, 4.69) is 31.2 Å². The van der Waals surface area contributed by atoms with E-state index in [1.807, 2.05) is 0 Å². The highest BCUT2D eigenvalue weighted by atomic mass is 79.9. The Morgan fingerprint density at radius 2 is 2.38 bits per heavy atom. The largest absolute Gasteiger partial charge is 0.480 e. The fourth-order valence-corrected chi connectivity index (χ4v) is 1.09. The molecule has 70 valence electrons. The highest BCUT2D eigenvalue weighted by Crippen LogP contribution is 2.20. The average molecular weight is 246 g/mol. The molecule has 0 aliphatic carbocycles. The number of halogens is 1. The lowest BCUT2D eigenvalue weighted by Crippen LogP contribution is -2.14. The van der Waals surface area contributed by atoms with Crippen molar-refractivity contribution in [3.8, 4) is 0 Å². The van der Waals surface area contributed by atoms with Crippen LogP contribution < -0.4 is 5.32 Å². The van der Waals surface area contributed by atoms with Gasteiger partial charge in [0.2, 0.25) is 0 Å². The van der Waals surface area contributed by atoms with E-state index in [9.17, 15) is 4.79 Å². The van der Waals surface area contributed by atoms with Crippen LogP contribution in [-0.2, 0) is 4.79 Å². The van der Waals surface area contributed by atoms with Crippen LogP contribution in [0.5, 0.6) is 0 Å². The Kier molecular flexibility index (Phi) is 3.18. The molecule has 0 aliphatic rings. The van der Waals surface area contributed by atoms with Gasteiger partial charge in [-0.3, -0.25) is 4.79 Å². The zero-order valence-corrected chi connectivity index (χ0v) is 8.50. The van der Waals surface area contributed by atoms with Gasteiger partial charge >= 0.3 is 5.97 Å². The quantitative estimate of drug-likeness (QED) is 0.833. The normalized spacial score (nSPS) is 9.69. The van der Waals surface area contributed by atoms with Crippen molar-refractivity contribution in [3.63, 3.8) is 0 Å². The van der Waals surface area contributed by atoms with Gasteiger partial charge in [0.15, 0.2) is 0 Å². The number of hydrogen-bond donors (Lipinski definition) is 2. The van der Waals surface area contributed by atoms with E-state index in [1.54, 1.807) is 6.92 Å². The molecule has 0 atom stereocenters. The minimum absolute atomic E-state index is 0.158. The van der Waals surface area contributed by atoms with Gasteiger partial charge in [0.1, 0.15) is 18.7 Å². The second-order valence-corrected chi connectivity index (χ2v) is 3.16. The Bertz CT molecular complexity index is 330. The lowest BCUT2D eigenvalue weighted by Gasteiger charge is -2.05. The van der Waals surface area contributed by atoms with Gasteiger partial charge in [-0.05, 0) is 22.9 Å². The van der Waals surface area contributed by atoms with Gasteiger partial charge in [-0.15, -0.1) is 0 Å². The summed E-state index contributed by atoms with van der Waals surface area (Å²) in [5.41, 5.74) is 0.767. The molecule has 5 nitrogen and oxygen atoms in total. The van der Waals surface area contributed by atoms with E-state index in [-0.39, 0.29) is 6.54 Å². The number of anilines is 1. The Balaban J connectivity index is 2.77. The first-order valence-electron chi connectivity index (χ1n) is 3.54. The van der Waals surface area contributed by atoms with Crippen LogP contribution in [0.2, 0.25) is 0 Å². The van der Waals surface area contributed by atoms with Crippen LogP contribution in [0, 0.1) is 6.92 Å².